The predicted octanol–water partition coefficient (Wildman–Crippen LogP) is 4.29. The first-order valence-corrected chi connectivity index (χ1v) is 9.00. The predicted molar refractivity (Wildman–Crippen MR) is 89.4 cm³/mol. The smallest absolute Gasteiger partial charge is 0.0270 e. The van der Waals surface area contributed by atoms with Gasteiger partial charge in [-0.1, -0.05) is 41.6 Å². The van der Waals surface area contributed by atoms with Gasteiger partial charge in [-0.25, -0.2) is 0 Å². The van der Waals surface area contributed by atoms with Crippen molar-refractivity contribution >= 4 is 15.9 Å². The molecule has 0 bridgehead atoms. The van der Waals surface area contributed by atoms with Crippen LogP contribution in [0.1, 0.15) is 44.1 Å². The van der Waals surface area contributed by atoms with Crippen LogP contribution in [-0.4, -0.2) is 35.4 Å². The number of hydrogen-bond acceptors (Lipinski definition) is 2. The van der Waals surface area contributed by atoms with Gasteiger partial charge in [0.05, 0.1) is 0 Å². The van der Waals surface area contributed by atoms with E-state index in [4.69, 9.17) is 0 Å². The monoisotopic (exact) mass is 338 g/mol. The van der Waals surface area contributed by atoms with E-state index in [2.05, 4.69) is 45.0 Å². The van der Waals surface area contributed by atoms with E-state index in [1.165, 1.54) is 50.6 Å². The van der Waals surface area contributed by atoms with Gasteiger partial charge in [0.15, 0.2) is 0 Å². The van der Waals surface area contributed by atoms with E-state index >= 15 is 0 Å². The molecule has 1 aliphatic rings. The minimum absolute atomic E-state index is 0.503. The Kier molecular flexibility index (Phi) is 6.50. The minimum atomic E-state index is 0.503. The summed E-state index contributed by atoms with van der Waals surface area (Å²) >= 11 is 3.79. The molecule has 0 aromatic carbocycles. The molecule has 0 N–H and O–H groups in total. The van der Waals surface area contributed by atoms with Crippen LogP contribution >= 0.6 is 15.9 Å². The number of rotatable bonds is 6. The van der Waals surface area contributed by atoms with Crippen LogP contribution in [0.2, 0.25) is 0 Å². The molecule has 0 saturated heterocycles. The van der Waals surface area contributed by atoms with Gasteiger partial charge in [-0.3, -0.25) is 4.98 Å². The summed E-state index contributed by atoms with van der Waals surface area (Å²) in [5.74, 6) is 0. The normalized spacial score (nSPS) is 18.9. The number of nitrogens with zero attached hydrogens (tertiary/aromatic N) is 2. The van der Waals surface area contributed by atoms with Gasteiger partial charge in [-0.05, 0) is 49.4 Å². The Bertz CT molecular complexity index is 372. The summed E-state index contributed by atoms with van der Waals surface area (Å²) in [4.78, 5) is 6.60. The van der Waals surface area contributed by atoms with Crippen LogP contribution < -0.4 is 0 Å². The number of hydrogen-bond donors (Lipinski definition) is 0. The second kappa shape index (κ2) is 8.14. The zero-order chi connectivity index (χ0) is 14.3. The van der Waals surface area contributed by atoms with Gasteiger partial charge in [0.1, 0.15) is 0 Å². The first-order chi connectivity index (χ1) is 9.74. The molecule has 1 fully saturated rings. The number of alkyl halides is 1. The lowest BCUT2D eigenvalue weighted by molar-refractivity contribution is 0.177. The molecule has 2 nitrogen and oxygen atoms in total. The van der Waals surface area contributed by atoms with Crippen LogP contribution in [0.5, 0.6) is 0 Å². The summed E-state index contributed by atoms with van der Waals surface area (Å²) in [5.41, 5.74) is 1.89. The highest BCUT2D eigenvalue weighted by molar-refractivity contribution is 9.09. The molecule has 1 aliphatic carbocycles. The molecular formula is C17H27BrN2. The fourth-order valence-corrected chi connectivity index (χ4v) is 4.07. The summed E-state index contributed by atoms with van der Waals surface area (Å²) in [6.07, 6.45) is 13.3. The molecule has 3 heteroatoms. The summed E-state index contributed by atoms with van der Waals surface area (Å²) in [6.45, 7) is 2.36. The fraction of sp³-hybridized carbons (Fsp3) is 0.706. The first-order valence-electron chi connectivity index (χ1n) is 7.88. The van der Waals surface area contributed by atoms with E-state index in [1.807, 2.05) is 12.4 Å². The fourth-order valence-electron chi connectivity index (χ4n) is 3.33. The number of likely N-dealkylation sites (N-methyl/N-ethyl adjacent to an activating group) is 1. The highest BCUT2D eigenvalue weighted by Gasteiger charge is 2.30. The van der Waals surface area contributed by atoms with Crippen LogP contribution in [0.4, 0.5) is 0 Å². The van der Waals surface area contributed by atoms with Crippen molar-refractivity contribution in [3.05, 3.63) is 30.1 Å². The molecule has 1 aromatic rings. The lowest BCUT2D eigenvalue weighted by atomic mass is 9.82. The van der Waals surface area contributed by atoms with E-state index in [-0.39, 0.29) is 0 Å². The highest BCUT2D eigenvalue weighted by Crippen LogP contribution is 2.37. The van der Waals surface area contributed by atoms with Gasteiger partial charge in [0, 0.05) is 30.8 Å². The Labute approximate surface area is 132 Å². The van der Waals surface area contributed by atoms with Crippen molar-refractivity contribution in [3.8, 4) is 0 Å². The van der Waals surface area contributed by atoms with E-state index in [0.29, 0.717) is 5.41 Å². The van der Waals surface area contributed by atoms with Gasteiger partial charge >= 0.3 is 0 Å². The van der Waals surface area contributed by atoms with Crippen molar-refractivity contribution in [2.24, 2.45) is 5.41 Å². The van der Waals surface area contributed by atoms with Gasteiger partial charge in [0.2, 0.25) is 0 Å². The number of pyridine rings is 1. The van der Waals surface area contributed by atoms with Crippen molar-refractivity contribution in [1.29, 1.82) is 0 Å². The van der Waals surface area contributed by atoms with Gasteiger partial charge in [0.25, 0.3) is 0 Å². The topological polar surface area (TPSA) is 16.1 Å². The average Bonchev–Trinajstić information content (AvgIpc) is 2.72. The Morgan fingerprint density at radius 3 is 2.40 bits per heavy atom. The summed E-state index contributed by atoms with van der Waals surface area (Å²) in [5, 5.41) is 1.15. The third kappa shape index (κ3) is 4.85. The molecule has 0 aliphatic heterocycles. The lowest BCUT2D eigenvalue weighted by Crippen LogP contribution is -2.37. The first kappa shape index (κ1) is 16.0. The van der Waals surface area contributed by atoms with E-state index < -0.39 is 0 Å². The van der Waals surface area contributed by atoms with Crippen LogP contribution in [0, 0.1) is 5.41 Å². The molecule has 1 saturated carbocycles. The van der Waals surface area contributed by atoms with Gasteiger partial charge < -0.3 is 4.90 Å². The molecule has 1 aromatic heterocycles. The summed E-state index contributed by atoms with van der Waals surface area (Å²) < 4.78 is 0. The quantitative estimate of drug-likeness (QED) is 0.568. The second-order valence-corrected chi connectivity index (χ2v) is 6.95. The van der Waals surface area contributed by atoms with E-state index in [1.54, 1.807) is 0 Å². The van der Waals surface area contributed by atoms with Crippen LogP contribution in [0.25, 0.3) is 0 Å². The Hall–Kier alpha value is -0.410. The maximum absolute atomic E-state index is 4.08. The summed E-state index contributed by atoms with van der Waals surface area (Å²) in [6, 6.07) is 4.25. The van der Waals surface area contributed by atoms with Crippen molar-refractivity contribution < 1.29 is 0 Å². The molecule has 0 spiro atoms. The van der Waals surface area contributed by atoms with Crippen LogP contribution in [0.3, 0.4) is 0 Å². The second-order valence-electron chi connectivity index (χ2n) is 6.39. The van der Waals surface area contributed by atoms with Crippen molar-refractivity contribution in [2.45, 2.75) is 44.9 Å². The standard InChI is InChI=1S/C17H27BrN2/c1-20(13-8-16-6-11-19-12-7-16)15-17(14-18)9-4-2-3-5-10-17/h6-7,11-12H,2-5,8-10,13-15H2,1H3. The molecular weight excluding hydrogens is 312 g/mol. The van der Waals surface area contributed by atoms with Crippen LogP contribution in [-0.2, 0) is 6.42 Å². The third-order valence-corrected chi connectivity index (χ3v) is 5.77. The molecule has 112 valence electrons. The van der Waals surface area contributed by atoms with Gasteiger partial charge in [-0.2, -0.15) is 0 Å². The molecule has 20 heavy (non-hydrogen) atoms. The molecule has 1 heterocycles. The largest absolute Gasteiger partial charge is 0.305 e. The van der Waals surface area contributed by atoms with Crippen molar-refractivity contribution in [2.75, 3.05) is 25.5 Å². The Morgan fingerprint density at radius 1 is 1.15 bits per heavy atom. The lowest BCUT2D eigenvalue weighted by Gasteiger charge is -2.35. The van der Waals surface area contributed by atoms with Gasteiger partial charge in [-0.15, -0.1) is 0 Å². The molecule has 0 atom stereocenters. The average molecular weight is 339 g/mol. The highest BCUT2D eigenvalue weighted by atomic mass is 79.9. The number of halogens is 1. The maximum atomic E-state index is 4.08. The zero-order valence-electron chi connectivity index (χ0n) is 12.7. The Balaban J connectivity index is 1.83. The van der Waals surface area contributed by atoms with E-state index in [0.717, 1.165) is 18.3 Å². The SMILES string of the molecule is CN(CCc1ccncc1)CC1(CBr)CCCCCC1. The van der Waals surface area contributed by atoms with E-state index in [9.17, 15) is 0 Å². The third-order valence-electron chi connectivity index (χ3n) is 4.58. The molecule has 0 radical (unpaired) electrons. The van der Waals surface area contributed by atoms with Crippen LogP contribution in [0.15, 0.2) is 24.5 Å². The van der Waals surface area contributed by atoms with Crippen molar-refractivity contribution in [3.63, 3.8) is 0 Å². The maximum Gasteiger partial charge on any atom is 0.0270 e. The molecule has 0 unspecified atom stereocenters. The molecule has 0 amide bonds. The zero-order valence-corrected chi connectivity index (χ0v) is 14.2. The minimum Gasteiger partial charge on any atom is -0.305 e. The summed E-state index contributed by atoms with van der Waals surface area (Å²) in [7, 11) is 2.27. The number of aromatic nitrogens is 1. The molecule has 2 rings (SSSR count). The Morgan fingerprint density at radius 2 is 1.80 bits per heavy atom. The van der Waals surface area contributed by atoms with Crippen molar-refractivity contribution in [1.82, 2.24) is 9.88 Å².